The number of hydrogen-bond donors (Lipinski definition) is 3. The molecule has 3 N–H and O–H groups in total. The number of para-hydroxylation sites is 2. The molecule has 1 saturated carbocycles. The first-order valence-corrected chi connectivity index (χ1v) is 7.53. The SMILES string of the molecule is c1ccc2[nH]c(CNCC[C@@H]3C[C@H]3c3cnc[nH]3)nc2c1. The molecule has 1 aliphatic carbocycles. The predicted molar refractivity (Wildman–Crippen MR) is 81.9 cm³/mol. The molecule has 0 saturated heterocycles. The van der Waals surface area contributed by atoms with Crippen LogP contribution in [0.15, 0.2) is 36.8 Å². The summed E-state index contributed by atoms with van der Waals surface area (Å²) in [6.45, 7) is 1.84. The first-order valence-electron chi connectivity index (χ1n) is 7.53. The van der Waals surface area contributed by atoms with Crippen molar-refractivity contribution in [2.45, 2.75) is 25.3 Å². The number of benzene rings is 1. The Morgan fingerprint density at radius 2 is 2.24 bits per heavy atom. The van der Waals surface area contributed by atoms with Gasteiger partial charge in [0.05, 0.1) is 23.9 Å². The highest BCUT2D eigenvalue weighted by molar-refractivity contribution is 5.74. The second kappa shape index (κ2) is 5.33. The Hall–Kier alpha value is -2.14. The van der Waals surface area contributed by atoms with Crippen LogP contribution >= 0.6 is 0 Å². The molecule has 0 unspecified atom stereocenters. The minimum atomic E-state index is 0.695. The van der Waals surface area contributed by atoms with Crippen LogP contribution in [0.3, 0.4) is 0 Å². The number of imidazole rings is 2. The lowest BCUT2D eigenvalue weighted by molar-refractivity contribution is 0.593. The zero-order valence-electron chi connectivity index (χ0n) is 11.8. The summed E-state index contributed by atoms with van der Waals surface area (Å²) in [4.78, 5) is 15.2. The molecule has 2 aromatic heterocycles. The van der Waals surface area contributed by atoms with Crippen LogP contribution < -0.4 is 5.32 Å². The van der Waals surface area contributed by atoms with E-state index in [-0.39, 0.29) is 0 Å². The summed E-state index contributed by atoms with van der Waals surface area (Å²) in [5, 5.41) is 3.48. The van der Waals surface area contributed by atoms with Crippen molar-refractivity contribution in [1.29, 1.82) is 0 Å². The maximum Gasteiger partial charge on any atom is 0.121 e. The van der Waals surface area contributed by atoms with Crippen LogP contribution in [0.2, 0.25) is 0 Å². The zero-order chi connectivity index (χ0) is 14.1. The molecule has 1 aliphatic rings. The molecule has 5 nitrogen and oxygen atoms in total. The molecule has 4 rings (SSSR count). The first-order chi connectivity index (χ1) is 10.4. The highest BCUT2D eigenvalue weighted by Gasteiger charge is 2.38. The van der Waals surface area contributed by atoms with Gasteiger partial charge in [-0.05, 0) is 37.4 Å². The largest absolute Gasteiger partial charge is 0.348 e. The van der Waals surface area contributed by atoms with E-state index in [4.69, 9.17) is 0 Å². The zero-order valence-corrected chi connectivity index (χ0v) is 11.8. The Labute approximate surface area is 123 Å². The van der Waals surface area contributed by atoms with Crippen molar-refractivity contribution < 1.29 is 0 Å². The van der Waals surface area contributed by atoms with Gasteiger partial charge < -0.3 is 15.3 Å². The van der Waals surface area contributed by atoms with Crippen LogP contribution in [0.4, 0.5) is 0 Å². The average Bonchev–Trinajstić information content (AvgIpc) is 2.92. The third-order valence-corrected chi connectivity index (χ3v) is 4.26. The Balaban J connectivity index is 1.23. The number of aromatic nitrogens is 4. The van der Waals surface area contributed by atoms with Crippen LogP contribution in [-0.4, -0.2) is 26.5 Å². The third kappa shape index (κ3) is 2.69. The smallest absolute Gasteiger partial charge is 0.121 e. The fourth-order valence-corrected chi connectivity index (χ4v) is 3.00. The summed E-state index contributed by atoms with van der Waals surface area (Å²) in [6.07, 6.45) is 6.22. The van der Waals surface area contributed by atoms with Crippen LogP contribution in [0.5, 0.6) is 0 Å². The number of nitrogens with zero attached hydrogens (tertiary/aromatic N) is 2. The van der Waals surface area contributed by atoms with Crippen molar-refractivity contribution in [3.8, 4) is 0 Å². The van der Waals surface area contributed by atoms with Crippen molar-refractivity contribution in [2.75, 3.05) is 6.54 Å². The molecular formula is C16H19N5. The van der Waals surface area contributed by atoms with Gasteiger partial charge in [-0.15, -0.1) is 0 Å². The Morgan fingerprint density at radius 1 is 1.29 bits per heavy atom. The van der Waals surface area contributed by atoms with Gasteiger partial charge in [0.2, 0.25) is 0 Å². The normalized spacial score (nSPS) is 21.0. The van der Waals surface area contributed by atoms with Gasteiger partial charge in [-0.3, -0.25) is 0 Å². The molecule has 1 aromatic carbocycles. The molecule has 5 heteroatoms. The van der Waals surface area contributed by atoms with Gasteiger partial charge in [0.15, 0.2) is 0 Å². The highest BCUT2D eigenvalue weighted by Crippen LogP contribution is 2.48. The van der Waals surface area contributed by atoms with Gasteiger partial charge in [-0.25, -0.2) is 9.97 Å². The van der Waals surface area contributed by atoms with E-state index in [0.717, 1.165) is 35.9 Å². The van der Waals surface area contributed by atoms with Gasteiger partial charge in [0.1, 0.15) is 5.82 Å². The number of aromatic amines is 2. The van der Waals surface area contributed by atoms with E-state index in [0.29, 0.717) is 5.92 Å². The minimum Gasteiger partial charge on any atom is -0.348 e. The van der Waals surface area contributed by atoms with Gasteiger partial charge in [0, 0.05) is 17.8 Å². The summed E-state index contributed by atoms with van der Waals surface area (Å²) in [5.41, 5.74) is 3.43. The maximum atomic E-state index is 4.57. The minimum absolute atomic E-state index is 0.695. The summed E-state index contributed by atoms with van der Waals surface area (Å²) in [5.74, 6) is 2.51. The van der Waals surface area contributed by atoms with Crippen molar-refractivity contribution >= 4 is 11.0 Å². The molecule has 0 aliphatic heterocycles. The lowest BCUT2D eigenvalue weighted by atomic mass is 10.2. The first kappa shape index (κ1) is 12.6. The number of fused-ring (bicyclic) bond motifs is 1. The number of rotatable bonds is 6. The fraction of sp³-hybridized carbons (Fsp3) is 0.375. The van der Waals surface area contributed by atoms with E-state index in [1.807, 2.05) is 24.4 Å². The maximum absolute atomic E-state index is 4.57. The second-order valence-electron chi connectivity index (χ2n) is 5.78. The van der Waals surface area contributed by atoms with Crippen LogP contribution in [0.25, 0.3) is 11.0 Å². The van der Waals surface area contributed by atoms with Gasteiger partial charge >= 0.3 is 0 Å². The highest BCUT2D eigenvalue weighted by atomic mass is 15.0. The van der Waals surface area contributed by atoms with Crippen molar-refractivity contribution in [1.82, 2.24) is 25.3 Å². The molecule has 0 amide bonds. The third-order valence-electron chi connectivity index (χ3n) is 4.26. The summed E-state index contributed by atoms with van der Waals surface area (Å²) in [6, 6.07) is 8.14. The van der Waals surface area contributed by atoms with Crippen LogP contribution in [0, 0.1) is 5.92 Å². The molecule has 2 atom stereocenters. The van der Waals surface area contributed by atoms with E-state index >= 15 is 0 Å². The molecule has 108 valence electrons. The van der Waals surface area contributed by atoms with E-state index < -0.39 is 0 Å². The van der Waals surface area contributed by atoms with Gasteiger partial charge in [-0.1, -0.05) is 12.1 Å². The van der Waals surface area contributed by atoms with Crippen LogP contribution in [-0.2, 0) is 6.54 Å². The molecule has 0 radical (unpaired) electrons. The second-order valence-corrected chi connectivity index (χ2v) is 5.78. The fourth-order valence-electron chi connectivity index (χ4n) is 3.00. The standard InChI is InChI=1S/C16H19N5/c1-2-4-14-13(3-1)20-16(21-14)9-17-6-5-11-7-12(11)15-8-18-10-19-15/h1-4,8,10-12,17H,5-7,9H2,(H,18,19)(H,20,21)/t11-,12-/m1/s1. The molecule has 1 fully saturated rings. The Kier molecular flexibility index (Phi) is 3.20. The van der Waals surface area contributed by atoms with Gasteiger partial charge in [0.25, 0.3) is 0 Å². The van der Waals surface area contributed by atoms with Crippen molar-refractivity contribution in [2.24, 2.45) is 5.92 Å². The average molecular weight is 281 g/mol. The molecular weight excluding hydrogens is 262 g/mol. The molecule has 0 bridgehead atoms. The number of nitrogens with one attached hydrogen (secondary N) is 3. The lowest BCUT2D eigenvalue weighted by Crippen LogP contribution is -2.16. The monoisotopic (exact) mass is 281 g/mol. The van der Waals surface area contributed by atoms with E-state index in [1.54, 1.807) is 6.33 Å². The molecule has 2 heterocycles. The number of H-pyrrole nitrogens is 2. The topological polar surface area (TPSA) is 69.4 Å². The molecule has 21 heavy (non-hydrogen) atoms. The van der Waals surface area contributed by atoms with E-state index in [9.17, 15) is 0 Å². The summed E-state index contributed by atoms with van der Waals surface area (Å²) in [7, 11) is 0. The van der Waals surface area contributed by atoms with Crippen molar-refractivity contribution in [3.05, 3.63) is 48.3 Å². The summed E-state index contributed by atoms with van der Waals surface area (Å²) >= 11 is 0. The van der Waals surface area contributed by atoms with Crippen molar-refractivity contribution in [3.63, 3.8) is 0 Å². The van der Waals surface area contributed by atoms with Crippen LogP contribution in [0.1, 0.15) is 30.3 Å². The summed E-state index contributed by atoms with van der Waals surface area (Å²) < 4.78 is 0. The van der Waals surface area contributed by atoms with E-state index in [2.05, 4.69) is 31.3 Å². The molecule has 3 aromatic rings. The predicted octanol–water partition coefficient (Wildman–Crippen LogP) is 2.57. The molecule has 0 spiro atoms. The van der Waals surface area contributed by atoms with Gasteiger partial charge in [-0.2, -0.15) is 0 Å². The quantitative estimate of drug-likeness (QED) is 0.608. The lowest BCUT2D eigenvalue weighted by Gasteiger charge is -2.02. The Morgan fingerprint density at radius 3 is 3.10 bits per heavy atom. The Bertz CT molecular complexity index is 682. The number of hydrogen-bond acceptors (Lipinski definition) is 3. The van der Waals surface area contributed by atoms with E-state index in [1.165, 1.54) is 18.5 Å².